The van der Waals surface area contributed by atoms with Crippen molar-refractivity contribution in [3.05, 3.63) is 29.3 Å². The maximum absolute atomic E-state index is 11.6. The van der Waals surface area contributed by atoms with Crippen LogP contribution in [-0.2, 0) is 19.1 Å². The van der Waals surface area contributed by atoms with Gasteiger partial charge in [-0.2, -0.15) is 0 Å². The molecular formula is C17H23ClNNaO6. The number of unbranched alkanes of at least 4 members (excludes halogenated alkanes) is 1. The van der Waals surface area contributed by atoms with Gasteiger partial charge in [-0.1, -0.05) is 24.9 Å². The van der Waals surface area contributed by atoms with Crippen molar-refractivity contribution in [2.24, 2.45) is 0 Å². The zero-order chi connectivity index (χ0) is 18.5. The molecule has 1 N–H and O–H groups in total. The zero-order valence-corrected chi connectivity index (χ0v) is 17.8. The molecule has 1 rings (SSSR count). The number of benzene rings is 1. The molecule has 0 atom stereocenters. The van der Waals surface area contributed by atoms with E-state index in [1.54, 1.807) is 24.3 Å². The number of hydrogen-bond acceptors (Lipinski definition) is 6. The number of amides is 1. The van der Waals surface area contributed by atoms with Crippen molar-refractivity contribution < 1.29 is 59.6 Å². The molecule has 0 aliphatic heterocycles. The third-order valence-corrected chi connectivity index (χ3v) is 3.27. The number of carbonyl (C=O) groups is 3. The van der Waals surface area contributed by atoms with Gasteiger partial charge >= 0.3 is 47.6 Å². The Bertz CT molecular complexity index is 573. The summed E-state index contributed by atoms with van der Waals surface area (Å²) in [5, 5.41) is 3.00. The molecule has 26 heavy (non-hydrogen) atoms. The van der Waals surface area contributed by atoms with Gasteiger partial charge in [-0.15, -0.1) is 0 Å². The van der Waals surface area contributed by atoms with E-state index in [4.69, 9.17) is 21.1 Å². The van der Waals surface area contributed by atoms with Gasteiger partial charge in [0.2, 0.25) is 6.79 Å². The Balaban J connectivity index is 0. The Morgan fingerprint density at radius 3 is 2.35 bits per heavy atom. The van der Waals surface area contributed by atoms with Crippen LogP contribution in [0, 0.1) is 0 Å². The number of ether oxygens (including phenoxy) is 3. The summed E-state index contributed by atoms with van der Waals surface area (Å²) < 4.78 is 14.5. The minimum atomic E-state index is -0.714. The Hall–Kier alpha value is -1.28. The molecule has 0 saturated heterocycles. The predicted molar refractivity (Wildman–Crippen MR) is 92.4 cm³/mol. The van der Waals surface area contributed by atoms with E-state index in [9.17, 15) is 14.4 Å². The van der Waals surface area contributed by atoms with Crippen molar-refractivity contribution >= 4 is 29.6 Å². The predicted octanol–water partition coefficient (Wildman–Crippen LogP) is 0.559. The topological polar surface area (TPSA) is 90.9 Å². The monoisotopic (exact) mass is 395 g/mol. The standard InChI is InChI=1S/C17H22ClNO6.Na.H/c1-2-3-5-15(20)23-12-24-17(22)19-11-4-6-16(21)25-14-9-7-13(18)8-10-14;;/h7-10H,2-6,11-12H2,1H3,(H,19,22);;/q;+1;-1. The maximum Gasteiger partial charge on any atom is 1.00 e. The SMILES string of the molecule is CCCCC(=O)OCOC(=O)NCCCC(=O)Oc1ccc(Cl)cc1.[H-].[Na+]. The van der Waals surface area contributed by atoms with E-state index < -0.39 is 24.8 Å². The average Bonchev–Trinajstić information content (AvgIpc) is 2.59. The van der Waals surface area contributed by atoms with Gasteiger partial charge in [0, 0.05) is 24.4 Å². The van der Waals surface area contributed by atoms with Gasteiger partial charge in [0.15, 0.2) is 0 Å². The average molecular weight is 396 g/mol. The number of rotatable bonds is 10. The molecule has 0 fully saturated rings. The third-order valence-electron chi connectivity index (χ3n) is 3.02. The molecule has 0 aliphatic carbocycles. The molecule has 0 saturated carbocycles. The summed E-state index contributed by atoms with van der Waals surface area (Å²) in [6.45, 7) is 1.77. The first-order valence-corrected chi connectivity index (χ1v) is 8.41. The van der Waals surface area contributed by atoms with E-state index >= 15 is 0 Å². The normalized spacial score (nSPS) is 9.62. The molecule has 0 aromatic heterocycles. The molecule has 0 radical (unpaired) electrons. The molecule has 0 aliphatic rings. The van der Waals surface area contributed by atoms with Crippen molar-refractivity contribution in [3.8, 4) is 5.75 Å². The molecule has 0 bridgehead atoms. The Morgan fingerprint density at radius 2 is 1.69 bits per heavy atom. The van der Waals surface area contributed by atoms with Crippen LogP contribution >= 0.6 is 11.6 Å². The number of nitrogens with one attached hydrogen (secondary N) is 1. The molecule has 1 aromatic rings. The smallest absolute Gasteiger partial charge is 1.00 e. The Kier molecular flexibility index (Phi) is 14.1. The van der Waals surface area contributed by atoms with E-state index in [1.807, 2.05) is 6.92 Å². The Labute approximate surface area is 181 Å². The van der Waals surface area contributed by atoms with Crippen LogP contribution in [0.2, 0.25) is 5.02 Å². The quantitative estimate of drug-likeness (QED) is 0.205. The first-order chi connectivity index (χ1) is 12.0. The van der Waals surface area contributed by atoms with Crippen LogP contribution in [0.4, 0.5) is 4.79 Å². The van der Waals surface area contributed by atoms with Crippen LogP contribution in [0.1, 0.15) is 40.5 Å². The Morgan fingerprint density at radius 1 is 1.04 bits per heavy atom. The minimum Gasteiger partial charge on any atom is -1.00 e. The van der Waals surface area contributed by atoms with Crippen LogP contribution in [0.3, 0.4) is 0 Å². The van der Waals surface area contributed by atoms with Gasteiger partial charge in [-0.05, 0) is 37.1 Å². The first kappa shape index (κ1) is 24.7. The van der Waals surface area contributed by atoms with Crippen LogP contribution in [-0.4, -0.2) is 31.4 Å². The number of esters is 2. The van der Waals surface area contributed by atoms with Gasteiger partial charge in [-0.25, -0.2) is 4.79 Å². The van der Waals surface area contributed by atoms with Crippen molar-refractivity contribution in [3.63, 3.8) is 0 Å². The van der Waals surface area contributed by atoms with Crippen LogP contribution in [0.25, 0.3) is 0 Å². The molecular weight excluding hydrogens is 373 g/mol. The van der Waals surface area contributed by atoms with Crippen LogP contribution in [0.5, 0.6) is 5.75 Å². The maximum atomic E-state index is 11.6. The summed E-state index contributed by atoms with van der Waals surface area (Å²) in [6, 6.07) is 6.43. The van der Waals surface area contributed by atoms with Crippen molar-refractivity contribution in [2.75, 3.05) is 13.3 Å². The molecule has 1 amide bonds. The molecule has 140 valence electrons. The fraction of sp³-hybridized carbons (Fsp3) is 0.471. The van der Waals surface area contributed by atoms with E-state index in [2.05, 4.69) is 10.1 Å². The van der Waals surface area contributed by atoms with E-state index in [-0.39, 0.29) is 43.9 Å². The molecule has 0 spiro atoms. The summed E-state index contributed by atoms with van der Waals surface area (Å²) >= 11 is 5.74. The number of hydrogen-bond donors (Lipinski definition) is 1. The van der Waals surface area contributed by atoms with Gasteiger partial charge in [0.05, 0.1) is 0 Å². The van der Waals surface area contributed by atoms with E-state index in [0.29, 0.717) is 23.6 Å². The summed E-state index contributed by atoms with van der Waals surface area (Å²) in [4.78, 5) is 34.2. The summed E-state index contributed by atoms with van der Waals surface area (Å²) in [7, 11) is 0. The molecule has 9 heteroatoms. The van der Waals surface area contributed by atoms with Crippen molar-refractivity contribution in [1.82, 2.24) is 5.32 Å². The van der Waals surface area contributed by atoms with Crippen molar-refractivity contribution in [2.45, 2.75) is 39.0 Å². The second-order valence-corrected chi connectivity index (χ2v) is 5.56. The molecule has 0 heterocycles. The molecule has 7 nitrogen and oxygen atoms in total. The number of alkyl carbamates (subject to hydrolysis) is 1. The van der Waals surface area contributed by atoms with Crippen LogP contribution in [0.15, 0.2) is 24.3 Å². The van der Waals surface area contributed by atoms with Gasteiger partial charge in [0.25, 0.3) is 0 Å². The molecule has 1 aromatic carbocycles. The first-order valence-electron chi connectivity index (χ1n) is 8.03. The van der Waals surface area contributed by atoms with Crippen LogP contribution < -0.4 is 39.6 Å². The molecule has 0 unspecified atom stereocenters. The van der Waals surface area contributed by atoms with Gasteiger partial charge in [0.1, 0.15) is 5.75 Å². The van der Waals surface area contributed by atoms with Gasteiger partial charge < -0.3 is 21.0 Å². The second-order valence-electron chi connectivity index (χ2n) is 5.13. The number of halogens is 1. The third kappa shape index (κ3) is 12.1. The fourth-order valence-corrected chi connectivity index (χ4v) is 1.83. The fourth-order valence-electron chi connectivity index (χ4n) is 1.70. The largest absolute Gasteiger partial charge is 1.00 e. The van der Waals surface area contributed by atoms with Crippen molar-refractivity contribution in [1.29, 1.82) is 0 Å². The van der Waals surface area contributed by atoms with E-state index in [1.165, 1.54) is 0 Å². The zero-order valence-electron chi connectivity index (χ0n) is 16.1. The summed E-state index contributed by atoms with van der Waals surface area (Å²) in [5.74, 6) is -0.409. The summed E-state index contributed by atoms with van der Waals surface area (Å²) in [5.41, 5.74) is 0. The second kappa shape index (κ2) is 14.8. The van der Waals surface area contributed by atoms with Gasteiger partial charge in [-0.3, -0.25) is 9.59 Å². The number of carbonyl (C=O) groups excluding carboxylic acids is 3. The minimum absolute atomic E-state index is 0. The summed E-state index contributed by atoms with van der Waals surface area (Å²) in [6.07, 6.45) is 1.73. The van der Waals surface area contributed by atoms with E-state index in [0.717, 1.165) is 12.8 Å².